The second-order valence-corrected chi connectivity index (χ2v) is 5.10. The van der Waals surface area contributed by atoms with Gasteiger partial charge in [-0.1, -0.05) is 24.2 Å². The predicted octanol–water partition coefficient (Wildman–Crippen LogP) is 2.97. The van der Waals surface area contributed by atoms with Crippen LogP contribution in [0.15, 0.2) is 28.8 Å². The Morgan fingerprint density at radius 1 is 1.35 bits per heavy atom. The van der Waals surface area contributed by atoms with E-state index in [0.717, 1.165) is 30.0 Å². The van der Waals surface area contributed by atoms with Crippen molar-refractivity contribution in [2.75, 3.05) is 0 Å². The molecule has 0 spiro atoms. The van der Waals surface area contributed by atoms with Crippen LogP contribution in [0.4, 0.5) is 0 Å². The molecule has 0 amide bonds. The zero-order valence-corrected chi connectivity index (χ0v) is 11.5. The van der Waals surface area contributed by atoms with E-state index in [1.165, 1.54) is 0 Å². The summed E-state index contributed by atoms with van der Waals surface area (Å²) < 4.78 is 10.7. The van der Waals surface area contributed by atoms with E-state index in [9.17, 15) is 5.11 Å². The van der Waals surface area contributed by atoms with Gasteiger partial charge >= 0.3 is 0 Å². The van der Waals surface area contributed by atoms with E-state index >= 15 is 0 Å². The lowest BCUT2D eigenvalue weighted by molar-refractivity contribution is 0.173. The van der Waals surface area contributed by atoms with Crippen molar-refractivity contribution in [3.8, 4) is 5.75 Å². The third kappa shape index (κ3) is 2.99. The molecule has 1 atom stereocenters. The Morgan fingerprint density at radius 2 is 2.10 bits per heavy atom. The van der Waals surface area contributed by atoms with Crippen molar-refractivity contribution in [1.29, 1.82) is 0 Å². The van der Waals surface area contributed by atoms with Gasteiger partial charge in [-0.2, -0.15) is 4.98 Å². The summed E-state index contributed by atoms with van der Waals surface area (Å²) >= 11 is 0. The van der Waals surface area contributed by atoms with Crippen molar-refractivity contribution in [3.05, 3.63) is 41.5 Å². The largest absolute Gasteiger partial charge is 0.484 e. The van der Waals surface area contributed by atoms with Crippen LogP contribution in [0.25, 0.3) is 0 Å². The topological polar surface area (TPSA) is 68.4 Å². The summed E-state index contributed by atoms with van der Waals surface area (Å²) in [5, 5.41) is 13.7. The minimum atomic E-state index is -0.416. The first-order valence-corrected chi connectivity index (χ1v) is 6.99. The Bertz CT molecular complexity index is 561. The van der Waals surface area contributed by atoms with Gasteiger partial charge in [-0.15, -0.1) is 0 Å². The van der Waals surface area contributed by atoms with Gasteiger partial charge in [0.2, 0.25) is 0 Å². The second-order valence-electron chi connectivity index (χ2n) is 5.10. The Morgan fingerprint density at radius 3 is 2.75 bits per heavy atom. The quantitative estimate of drug-likeness (QED) is 0.877. The van der Waals surface area contributed by atoms with Gasteiger partial charge < -0.3 is 14.4 Å². The predicted molar refractivity (Wildman–Crippen MR) is 72.3 cm³/mol. The van der Waals surface area contributed by atoms with Crippen LogP contribution in [-0.2, 0) is 6.61 Å². The van der Waals surface area contributed by atoms with Crippen molar-refractivity contribution < 1.29 is 14.4 Å². The lowest BCUT2D eigenvalue weighted by Gasteiger charge is -2.09. The summed E-state index contributed by atoms with van der Waals surface area (Å²) in [6, 6.07) is 7.42. The molecule has 1 N–H and O–H groups in total. The first kappa shape index (κ1) is 13.1. The van der Waals surface area contributed by atoms with E-state index in [2.05, 4.69) is 10.1 Å². The number of nitrogens with zero attached hydrogens (tertiary/aromatic N) is 2. The number of hydrogen-bond acceptors (Lipinski definition) is 5. The van der Waals surface area contributed by atoms with E-state index in [-0.39, 0.29) is 6.61 Å². The first-order valence-electron chi connectivity index (χ1n) is 6.99. The van der Waals surface area contributed by atoms with Gasteiger partial charge in [-0.25, -0.2) is 0 Å². The molecule has 1 fully saturated rings. The minimum Gasteiger partial charge on any atom is -0.484 e. The molecule has 0 radical (unpaired) electrons. The van der Waals surface area contributed by atoms with Crippen LogP contribution in [-0.4, -0.2) is 15.2 Å². The third-order valence-electron chi connectivity index (χ3n) is 3.44. The summed E-state index contributed by atoms with van der Waals surface area (Å²) in [4.78, 5) is 4.30. The monoisotopic (exact) mass is 274 g/mol. The van der Waals surface area contributed by atoms with Gasteiger partial charge in [-0.05, 0) is 37.0 Å². The van der Waals surface area contributed by atoms with Gasteiger partial charge in [-0.3, -0.25) is 0 Å². The molecular weight excluding hydrogens is 256 g/mol. The highest BCUT2D eigenvalue weighted by molar-refractivity contribution is 5.28. The standard InChI is InChI=1S/C15H18N2O3/c1-2-13(18)10-5-7-12(8-6-10)19-9-14-16-15(17-20-14)11-3-4-11/h5-8,11,13,18H,2-4,9H2,1H3. The van der Waals surface area contributed by atoms with Crippen molar-refractivity contribution in [2.45, 2.75) is 44.8 Å². The normalized spacial score (nSPS) is 16.1. The summed E-state index contributed by atoms with van der Waals surface area (Å²) in [6.45, 7) is 2.22. The van der Waals surface area contributed by atoms with Gasteiger partial charge in [0.1, 0.15) is 5.75 Å². The number of rotatable bonds is 6. The molecule has 1 aliphatic carbocycles. The molecule has 1 unspecified atom stereocenters. The lowest BCUT2D eigenvalue weighted by atomic mass is 10.1. The summed E-state index contributed by atoms with van der Waals surface area (Å²) in [7, 11) is 0. The molecule has 1 saturated carbocycles. The summed E-state index contributed by atoms with van der Waals surface area (Å²) in [5.74, 6) is 2.51. The molecular formula is C15H18N2O3. The lowest BCUT2D eigenvalue weighted by Crippen LogP contribution is -1.98. The van der Waals surface area contributed by atoms with Crippen molar-refractivity contribution in [2.24, 2.45) is 0 Å². The Kier molecular flexibility index (Phi) is 3.69. The van der Waals surface area contributed by atoms with E-state index in [4.69, 9.17) is 9.26 Å². The number of aromatic nitrogens is 2. The first-order chi connectivity index (χ1) is 9.76. The fourth-order valence-corrected chi connectivity index (χ4v) is 2.00. The fraction of sp³-hybridized carbons (Fsp3) is 0.467. The molecule has 1 aliphatic rings. The molecule has 0 saturated heterocycles. The molecule has 1 heterocycles. The molecule has 0 aliphatic heterocycles. The third-order valence-corrected chi connectivity index (χ3v) is 3.44. The van der Waals surface area contributed by atoms with Gasteiger partial charge in [0.05, 0.1) is 6.10 Å². The van der Waals surface area contributed by atoms with Crippen LogP contribution in [0.2, 0.25) is 0 Å². The molecule has 2 aromatic rings. The zero-order chi connectivity index (χ0) is 13.9. The van der Waals surface area contributed by atoms with Gasteiger partial charge in [0.25, 0.3) is 5.89 Å². The number of aliphatic hydroxyl groups excluding tert-OH is 1. The van der Waals surface area contributed by atoms with Gasteiger partial charge in [0, 0.05) is 5.92 Å². The van der Waals surface area contributed by atoms with Crippen LogP contribution >= 0.6 is 0 Å². The second kappa shape index (κ2) is 5.63. The molecule has 3 rings (SSSR count). The number of aliphatic hydroxyl groups is 1. The average molecular weight is 274 g/mol. The minimum absolute atomic E-state index is 0.273. The van der Waals surface area contributed by atoms with Crippen LogP contribution in [0.5, 0.6) is 5.75 Å². The maximum Gasteiger partial charge on any atom is 0.264 e. The summed E-state index contributed by atoms with van der Waals surface area (Å²) in [6.07, 6.45) is 2.59. The molecule has 1 aromatic heterocycles. The maximum absolute atomic E-state index is 9.71. The SMILES string of the molecule is CCC(O)c1ccc(OCc2nc(C3CC3)no2)cc1. The fourth-order valence-electron chi connectivity index (χ4n) is 2.00. The van der Waals surface area contributed by atoms with Crippen molar-refractivity contribution in [3.63, 3.8) is 0 Å². The zero-order valence-electron chi connectivity index (χ0n) is 11.5. The number of benzene rings is 1. The Labute approximate surface area is 117 Å². The van der Waals surface area contributed by atoms with Crippen molar-refractivity contribution >= 4 is 0 Å². The Hall–Kier alpha value is -1.88. The van der Waals surface area contributed by atoms with Crippen LogP contribution in [0, 0.1) is 0 Å². The molecule has 106 valence electrons. The number of hydrogen-bond donors (Lipinski definition) is 1. The van der Waals surface area contributed by atoms with Crippen LogP contribution in [0.1, 0.15) is 55.5 Å². The molecule has 1 aromatic carbocycles. The molecule has 5 heteroatoms. The highest BCUT2D eigenvalue weighted by Crippen LogP contribution is 2.38. The van der Waals surface area contributed by atoms with E-state index in [1.807, 2.05) is 31.2 Å². The van der Waals surface area contributed by atoms with E-state index in [0.29, 0.717) is 18.2 Å². The Balaban J connectivity index is 1.57. The summed E-state index contributed by atoms with van der Waals surface area (Å²) in [5.41, 5.74) is 0.897. The van der Waals surface area contributed by atoms with Gasteiger partial charge in [0.15, 0.2) is 12.4 Å². The highest BCUT2D eigenvalue weighted by atomic mass is 16.5. The maximum atomic E-state index is 9.71. The molecule has 0 bridgehead atoms. The van der Waals surface area contributed by atoms with Crippen molar-refractivity contribution in [1.82, 2.24) is 10.1 Å². The smallest absolute Gasteiger partial charge is 0.264 e. The highest BCUT2D eigenvalue weighted by Gasteiger charge is 2.28. The van der Waals surface area contributed by atoms with Crippen LogP contribution in [0.3, 0.4) is 0 Å². The number of ether oxygens (including phenoxy) is 1. The average Bonchev–Trinajstić information content (AvgIpc) is 3.24. The molecule has 5 nitrogen and oxygen atoms in total. The van der Waals surface area contributed by atoms with E-state index in [1.54, 1.807) is 0 Å². The van der Waals surface area contributed by atoms with E-state index < -0.39 is 6.10 Å². The van der Waals surface area contributed by atoms with Crippen LogP contribution < -0.4 is 4.74 Å². The molecule has 20 heavy (non-hydrogen) atoms.